The molecule has 0 spiro atoms. The lowest BCUT2D eigenvalue weighted by molar-refractivity contribution is -0.137. The first-order chi connectivity index (χ1) is 12.3. The molecule has 0 aliphatic heterocycles. The van der Waals surface area contributed by atoms with E-state index in [-0.39, 0.29) is 11.8 Å². The maximum Gasteiger partial charge on any atom is 0.421 e. The van der Waals surface area contributed by atoms with Crippen LogP contribution in [0.4, 0.5) is 36.3 Å². The van der Waals surface area contributed by atoms with E-state index >= 15 is 0 Å². The van der Waals surface area contributed by atoms with Crippen LogP contribution in [0, 0.1) is 3.57 Å². The Labute approximate surface area is 162 Å². The zero-order valence-electron chi connectivity index (χ0n) is 13.6. The zero-order chi connectivity index (χ0) is 18.7. The molecular formula is C18H14F3IN4. The van der Waals surface area contributed by atoms with Gasteiger partial charge < -0.3 is 10.2 Å². The summed E-state index contributed by atoms with van der Waals surface area (Å²) in [5, 5.41) is 2.94. The highest BCUT2D eigenvalue weighted by Gasteiger charge is 2.36. The maximum atomic E-state index is 13.4. The predicted octanol–water partition coefficient (Wildman–Crippen LogP) is 5.61. The minimum absolute atomic E-state index is 0.0944. The van der Waals surface area contributed by atoms with Crippen LogP contribution in [-0.2, 0) is 6.18 Å². The minimum atomic E-state index is -4.56. The van der Waals surface area contributed by atoms with Gasteiger partial charge in [0, 0.05) is 28.2 Å². The number of nitrogens with one attached hydrogen (secondary N) is 1. The van der Waals surface area contributed by atoms with Gasteiger partial charge in [-0.3, -0.25) is 0 Å². The molecule has 0 bridgehead atoms. The second-order valence-corrected chi connectivity index (χ2v) is 6.70. The Bertz CT molecular complexity index is 883. The monoisotopic (exact) mass is 470 g/mol. The fourth-order valence-electron chi connectivity index (χ4n) is 2.32. The Kier molecular flexibility index (Phi) is 5.30. The van der Waals surface area contributed by atoms with Gasteiger partial charge in [0.05, 0.1) is 0 Å². The van der Waals surface area contributed by atoms with E-state index in [1.807, 2.05) is 24.3 Å². The molecule has 0 fully saturated rings. The van der Waals surface area contributed by atoms with Gasteiger partial charge >= 0.3 is 6.18 Å². The van der Waals surface area contributed by atoms with Crippen molar-refractivity contribution in [3.63, 3.8) is 0 Å². The lowest BCUT2D eigenvalue weighted by Crippen LogP contribution is -2.19. The number of hydrogen-bond acceptors (Lipinski definition) is 4. The van der Waals surface area contributed by atoms with E-state index in [1.165, 1.54) is 4.90 Å². The Balaban J connectivity index is 2.00. The Morgan fingerprint density at radius 2 is 1.65 bits per heavy atom. The van der Waals surface area contributed by atoms with Crippen LogP contribution in [0.3, 0.4) is 0 Å². The van der Waals surface area contributed by atoms with E-state index in [4.69, 9.17) is 0 Å². The molecule has 0 amide bonds. The first kappa shape index (κ1) is 18.4. The van der Waals surface area contributed by atoms with Gasteiger partial charge in [0.1, 0.15) is 5.56 Å². The van der Waals surface area contributed by atoms with Crippen LogP contribution < -0.4 is 10.2 Å². The zero-order valence-corrected chi connectivity index (χ0v) is 15.8. The molecule has 0 radical (unpaired) electrons. The van der Waals surface area contributed by atoms with Gasteiger partial charge in [-0.1, -0.05) is 18.2 Å². The lowest BCUT2D eigenvalue weighted by atomic mass is 10.2. The largest absolute Gasteiger partial charge is 0.421 e. The van der Waals surface area contributed by atoms with Crippen LogP contribution in [-0.4, -0.2) is 17.0 Å². The number of alkyl halides is 3. The number of para-hydroxylation sites is 1. The molecule has 0 saturated heterocycles. The lowest BCUT2D eigenvalue weighted by Gasteiger charge is -2.22. The van der Waals surface area contributed by atoms with Crippen molar-refractivity contribution in [2.24, 2.45) is 0 Å². The van der Waals surface area contributed by atoms with Gasteiger partial charge in [0.2, 0.25) is 5.95 Å². The summed E-state index contributed by atoms with van der Waals surface area (Å²) in [6.07, 6.45) is -3.75. The van der Waals surface area contributed by atoms with Crippen LogP contribution >= 0.6 is 22.6 Å². The summed E-state index contributed by atoms with van der Waals surface area (Å²) in [6, 6.07) is 16.1. The van der Waals surface area contributed by atoms with Crippen molar-refractivity contribution in [1.82, 2.24) is 9.97 Å². The van der Waals surface area contributed by atoms with Gasteiger partial charge in [-0.2, -0.15) is 18.2 Å². The number of benzene rings is 2. The molecule has 0 aliphatic rings. The molecule has 1 heterocycles. The molecule has 1 N–H and O–H groups in total. The normalized spacial score (nSPS) is 11.3. The van der Waals surface area contributed by atoms with Crippen molar-refractivity contribution in [2.45, 2.75) is 6.18 Å². The van der Waals surface area contributed by atoms with Gasteiger partial charge in [-0.05, 0) is 59.0 Å². The fraction of sp³-hybridized carbons (Fsp3) is 0.111. The summed E-state index contributed by atoms with van der Waals surface area (Å²) in [5.74, 6) is -0.122. The number of nitrogens with zero attached hydrogens (tertiary/aromatic N) is 3. The van der Waals surface area contributed by atoms with Crippen LogP contribution in [0.5, 0.6) is 0 Å². The Morgan fingerprint density at radius 1 is 1.00 bits per heavy atom. The summed E-state index contributed by atoms with van der Waals surface area (Å²) < 4.78 is 41.2. The fourth-order valence-corrected chi connectivity index (χ4v) is 2.68. The van der Waals surface area contributed by atoms with Gasteiger partial charge in [0.25, 0.3) is 0 Å². The molecular weight excluding hydrogens is 456 g/mol. The number of anilines is 4. The molecule has 2 aromatic carbocycles. The Hall–Kier alpha value is -2.36. The second-order valence-electron chi connectivity index (χ2n) is 5.46. The smallest absolute Gasteiger partial charge is 0.329 e. The molecule has 3 rings (SSSR count). The summed E-state index contributed by atoms with van der Waals surface area (Å²) >= 11 is 2.17. The topological polar surface area (TPSA) is 41.1 Å². The molecule has 4 nitrogen and oxygen atoms in total. The molecule has 0 saturated carbocycles. The predicted molar refractivity (Wildman–Crippen MR) is 104 cm³/mol. The summed E-state index contributed by atoms with van der Waals surface area (Å²) in [7, 11) is 1.54. The van der Waals surface area contributed by atoms with E-state index in [1.54, 1.807) is 37.4 Å². The van der Waals surface area contributed by atoms with Crippen LogP contribution in [0.1, 0.15) is 5.56 Å². The number of rotatable bonds is 4. The average molecular weight is 470 g/mol. The highest BCUT2D eigenvalue weighted by Crippen LogP contribution is 2.37. The molecule has 26 heavy (non-hydrogen) atoms. The molecule has 134 valence electrons. The van der Waals surface area contributed by atoms with Crippen LogP contribution in [0.15, 0.2) is 60.8 Å². The molecule has 0 atom stereocenters. The van der Waals surface area contributed by atoms with Gasteiger partial charge in [-0.15, -0.1) is 0 Å². The minimum Gasteiger partial charge on any atom is -0.329 e. The summed E-state index contributed by atoms with van der Waals surface area (Å²) in [4.78, 5) is 9.34. The Morgan fingerprint density at radius 3 is 2.27 bits per heavy atom. The number of halogens is 4. The third kappa shape index (κ3) is 4.24. The van der Waals surface area contributed by atoms with E-state index < -0.39 is 11.7 Å². The van der Waals surface area contributed by atoms with E-state index in [9.17, 15) is 13.2 Å². The van der Waals surface area contributed by atoms with Crippen molar-refractivity contribution in [3.05, 3.63) is 69.9 Å². The van der Waals surface area contributed by atoms with E-state index in [2.05, 4.69) is 37.9 Å². The average Bonchev–Trinajstić information content (AvgIpc) is 2.63. The first-order valence-corrected chi connectivity index (χ1v) is 8.68. The second kappa shape index (κ2) is 7.48. The van der Waals surface area contributed by atoms with Crippen molar-refractivity contribution >= 4 is 45.7 Å². The number of aromatic nitrogens is 2. The molecule has 3 aromatic rings. The molecule has 8 heteroatoms. The van der Waals surface area contributed by atoms with Crippen LogP contribution in [0.25, 0.3) is 0 Å². The third-order valence-corrected chi connectivity index (χ3v) is 4.35. The first-order valence-electron chi connectivity index (χ1n) is 7.60. The van der Waals surface area contributed by atoms with E-state index in [0.29, 0.717) is 11.4 Å². The number of hydrogen-bond donors (Lipinski definition) is 1. The maximum absolute atomic E-state index is 13.4. The van der Waals surface area contributed by atoms with Gasteiger partial charge in [0.15, 0.2) is 5.82 Å². The summed E-state index contributed by atoms with van der Waals surface area (Å²) in [5.41, 5.74) is 0.396. The van der Waals surface area contributed by atoms with E-state index in [0.717, 1.165) is 9.77 Å². The van der Waals surface area contributed by atoms with Gasteiger partial charge in [-0.25, -0.2) is 4.98 Å². The quantitative estimate of drug-likeness (QED) is 0.504. The van der Waals surface area contributed by atoms with Crippen molar-refractivity contribution in [3.8, 4) is 0 Å². The van der Waals surface area contributed by atoms with Crippen molar-refractivity contribution in [2.75, 3.05) is 17.3 Å². The molecule has 0 aliphatic carbocycles. The highest BCUT2D eigenvalue weighted by molar-refractivity contribution is 14.1. The van der Waals surface area contributed by atoms with Crippen molar-refractivity contribution in [1.29, 1.82) is 0 Å². The molecule has 0 unspecified atom stereocenters. The molecule has 1 aromatic heterocycles. The standard InChI is InChI=1S/C18H14F3IN4/c1-26(14-5-3-2-4-6-14)16-15(18(19,20)21)11-23-17(25-16)24-13-9-7-12(22)8-10-13/h2-11H,1H3,(H,23,24,25). The van der Waals surface area contributed by atoms with Crippen molar-refractivity contribution < 1.29 is 13.2 Å². The third-order valence-electron chi connectivity index (χ3n) is 3.64. The summed E-state index contributed by atoms with van der Waals surface area (Å²) in [6.45, 7) is 0. The highest BCUT2D eigenvalue weighted by atomic mass is 127. The SMILES string of the molecule is CN(c1ccccc1)c1nc(Nc2ccc(I)cc2)ncc1C(F)(F)F. The van der Waals surface area contributed by atoms with Crippen LogP contribution in [0.2, 0.25) is 0 Å².